The number of benzene rings is 7. The van der Waals surface area contributed by atoms with E-state index in [0.29, 0.717) is 5.58 Å². The number of aromatic nitrogens is 2. The molecule has 224 valence electrons. The van der Waals surface area contributed by atoms with Crippen molar-refractivity contribution in [3.8, 4) is 44.6 Å². The third-order valence-electron chi connectivity index (χ3n) is 9.40. The third kappa shape index (κ3) is 4.27. The smallest absolute Gasteiger partial charge is 0.180 e. The molecule has 10 rings (SSSR count). The summed E-state index contributed by atoms with van der Waals surface area (Å²) in [5.74, 6) is 0. The summed E-state index contributed by atoms with van der Waals surface area (Å²) in [6.07, 6.45) is 1.65. The van der Waals surface area contributed by atoms with Gasteiger partial charge in [-0.2, -0.15) is 0 Å². The minimum atomic E-state index is 0.699. The van der Waals surface area contributed by atoms with Crippen LogP contribution in [0.25, 0.3) is 97.7 Å². The SMILES string of the molecule is c1cc(-c2cccc(-c3cccc4c3sc3ccccc34)c2)cc(-c2ncnc3c2oc2ccc(-c4cccc5ccccc45)cc23)c1. The van der Waals surface area contributed by atoms with Gasteiger partial charge in [-0.1, -0.05) is 121 Å². The van der Waals surface area contributed by atoms with Crippen molar-refractivity contribution in [2.75, 3.05) is 0 Å². The van der Waals surface area contributed by atoms with E-state index < -0.39 is 0 Å². The van der Waals surface area contributed by atoms with Crippen LogP contribution in [0.3, 0.4) is 0 Å². The van der Waals surface area contributed by atoms with Gasteiger partial charge in [-0.25, -0.2) is 9.97 Å². The molecular weight excluding hydrogens is 605 g/mol. The first-order valence-electron chi connectivity index (χ1n) is 16.1. The van der Waals surface area contributed by atoms with E-state index in [-0.39, 0.29) is 0 Å². The Morgan fingerprint density at radius 2 is 1.12 bits per heavy atom. The maximum atomic E-state index is 6.48. The largest absolute Gasteiger partial charge is 0.452 e. The molecule has 3 aromatic heterocycles. The van der Waals surface area contributed by atoms with Crippen LogP contribution >= 0.6 is 11.3 Å². The molecule has 0 spiro atoms. The fourth-order valence-electron chi connectivity index (χ4n) is 7.11. The molecule has 0 unspecified atom stereocenters. The van der Waals surface area contributed by atoms with E-state index in [0.717, 1.165) is 44.4 Å². The van der Waals surface area contributed by atoms with Gasteiger partial charge in [0, 0.05) is 31.1 Å². The Kier molecular flexibility index (Phi) is 6.05. The topological polar surface area (TPSA) is 38.9 Å². The van der Waals surface area contributed by atoms with Crippen LogP contribution in [0.15, 0.2) is 162 Å². The van der Waals surface area contributed by atoms with Gasteiger partial charge in [0.2, 0.25) is 0 Å². The maximum Gasteiger partial charge on any atom is 0.180 e. The molecule has 0 atom stereocenters. The van der Waals surface area contributed by atoms with Crippen molar-refractivity contribution in [3.63, 3.8) is 0 Å². The highest BCUT2D eigenvalue weighted by Crippen LogP contribution is 2.41. The summed E-state index contributed by atoms with van der Waals surface area (Å²) in [5.41, 5.74) is 11.2. The first-order valence-corrected chi connectivity index (χ1v) is 16.9. The Hall–Kier alpha value is -6.10. The Morgan fingerprint density at radius 1 is 0.458 bits per heavy atom. The van der Waals surface area contributed by atoms with Gasteiger partial charge in [-0.3, -0.25) is 0 Å². The highest BCUT2D eigenvalue weighted by Gasteiger charge is 2.17. The summed E-state index contributed by atoms with van der Waals surface area (Å²) in [6, 6.07) is 54.0. The average molecular weight is 631 g/mol. The molecule has 0 aliphatic rings. The van der Waals surface area contributed by atoms with Crippen LogP contribution in [0.2, 0.25) is 0 Å². The van der Waals surface area contributed by atoms with Crippen molar-refractivity contribution in [3.05, 3.63) is 158 Å². The first kappa shape index (κ1) is 27.1. The quantitative estimate of drug-likeness (QED) is 0.194. The Morgan fingerprint density at radius 3 is 2.04 bits per heavy atom. The second kappa shape index (κ2) is 10.7. The zero-order chi connectivity index (χ0) is 31.6. The Bertz CT molecular complexity index is 2860. The Labute approximate surface area is 280 Å². The lowest BCUT2D eigenvalue weighted by molar-refractivity contribution is 0.667. The zero-order valence-corrected chi connectivity index (χ0v) is 26.5. The molecule has 0 amide bonds. The van der Waals surface area contributed by atoms with Crippen LogP contribution in [0, 0.1) is 0 Å². The molecule has 0 bridgehead atoms. The zero-order valence-electron chi connectivity index (χ0n) is 25.7. The van der Waals surface area contributed by atoms with Gasteiger partial charge in [-0.15, -0.1) is 11.3 Å². The molecule has 48 heavy (non-hydrogen) atoms. The van der Waals surface area contributed by atoms with Gasteiger partial charge in [0.15, 0.2) is 5.58 Å². The summed E-state index contributed by atoms with van der Waals surface area (Å²) >= 11 is 1.86. The molecule has 0 N–H and O–H groups in total. The van der Waals surface area contributed by atoms with Gasteiger partial charge < -0.3 is 4.42 Å². The molecule has 0 radical (unpaired) electrons. The predicted molar refractivity (Wildman–Crippen MR) is 201 cm³/mol. The van der Waals surface area contributed by atoms with Crippen molar-refractivity contribution in [2.24, 2.45) is 0 Å². The molecule has 4 heteroatoms. The van der Waals surface area contributed by atoms with Crippen molar-refractivity contribution >= 4 is 64.4 Å². The number of hydrogen-bond donors (Lipinski definition) is 0. The van der Waals surface area contributed by atoms with E-state index in [2.05, 4.69) is 152 Å². The van der Waals surface area contributed by atoms with E-state index in [1.54, 1.807) is 6.33 Å². The van der Waals surface area contributed by atoms with Gasteiger partial charge in [-0.05, 0) is 74.5 Å². The number of nitrogens with zero attached hydrogens (tertiary/aromatic N) is 2. The summed E-state index contributed by atoms with van der Waals surface area (Å²) in [4.78, 5) is 9.46. The van der Waals surface area contributed by atoms with Gasteiger partial charge in [0.1, 0.15) is 23.1 Å². The van der Waals surface area contributed by atoms with Crippen LogP contribution in [0.1, 0.15) is 0 Å². The highest BCUT2D eigenvalue weighted by atomic mass is 32.1. The molecule has 10 aromatic rings. The summed E-state index contributed by atoms with van der Waals surface area (Å²) in [5, 5.41) is 6.06. The number of rotatable bonds is 4. The van der Waals surface area contributed by atoms with E-state index in [1.165, 1.54) is 47.6 Å². The normalized spacial score (nSPS) is 11.8. The molecule has 7 aromatic carbocycles. The van der Waals surface area contributed by atoms with Crippen molar-refractivity contribution in [1.82, 2.24) is 9.97 Å². The van der Waals surface area contributed by atoms with Crippen molar-refractivity contribution in [1.29, 1.82) is 0 Å². The van der Waals surface area contributed by atoms with E-state index in [1.807, 2.05) is 11.3 Å². The van der Waals surface area contributed by atoms with E-state index >= 15 is 0 Å². The van der Waals surface area contributed by atoms with Gasteiger partial charge >= 0.3 is 0 Å². The minimum absolute atomic E-state index is 0.699. The molecule has 0 aliphatic carbocycles. The molecular formula is C44H26N2OS. The monoisotopic (exact) mass is 630 g/mol. The molecule has 0 aliphatic heterocycles. The fraction of sp³-hybridized carbons (Fsp3) is 0. The van der Waals surface area contributed by atoms with Gasteiger partial charge in [0.05, 0.1) is 0 Å². The second-order valence-electron chi connectivity index (χ2n) is 12.2. The lowest BCUT2D eigenvalue weighted by Crippen LogP contribution is -1.88. The van der Waals surface area contributed by atoms with Crippen LogP contribution in [0.4, 0.5) is 0 Å². The van der Waals surface area contributed by atoms with Crippen LogP contribution in [-0.4, -0.2) is 9.97 Å². The molecule has 3 heterocycles. The average Bonchev–Trinajstić information content (AvgIpc) is 3.73. The first-order chi connectivity index (χ1) is 23.8. The lowest BCUT2D eigenvalue weighted by Gasteiger charge is -2.09. The maximum absolute atomic E-state index is 6.48. The number of thiophene rings is 1. The Balaban J connectivity index is 1.06. The minimum Gasteiger partial charge on any atom is -0.452 e. The van der Waals surface area contributed by atoms with Crippen LogP contribution in [-0.2, 0) is 0 Å². The van der Waals surface area contributed by atoms with E-state index in [9.17, 15) is 0 Å². The second-order valence-corrected chi connectivity index (χ2v) is 13.2. The fourth-order valence-corrected chi connectivity index (χ4v) is 8.35. The van der Waals surface area contributed by atoms with Crippen molar-refractivity contribution in [2.45, 2.75) is 0 Å². The number of fused-ring (bicyclic) bond motifs is 7. The molecule has 3 nitrogen and oxygen atoms in total. The summed E-state index contributed by atoms with van der Waals surface area (Å²) in [7, 11) is 0. The van der Waals surface area contributed by atoms with Gasteiger partial charge in [0.25, 0.3) is 0 Å². The summed E-state index contributed by atoms with van der Waals surface area (Å²) < 4.78 is 9.12. The molecule has 0 fully saturated rings. The van der Waals surface area contributed by atoms with E-state index in [4.69, 9.17) is 14.4 Å². The highest BCUT2D eigenvalue weighted by molar-refractivity contribution is 7.26. The predicted octanol–water partition coefficient (Wildman–Crippen LogP) is 12.6. The number of furan rings is 1. The summed E-state index contributed by atoms with van der Waals surface area (Å²) in [6.45, 7) is 0. The standard InChI is InChI=1S/C44H26N2OS/c1-2-15-33-27(9-1)10-7-17-34(33)31-21-22-39-38(25-31)42-43(47-39)41(45-26-46-42)32-14-6-12-29(24-32)28-11-5-13-30(23-28)35-18-8-19-37-36-16-3-4-20-40(36)48-44(35)37/h1-26H. The number of hydrogen-bond acceptors (Lipinski definition) is 4. The van der Waals surface area contributed by atoms with Crippen LogP contribution in [0.5, 0.6) is 0 Å². The molecule has 0 saturated carbocycles. The van der Waals surface area contributed by atoms with Crippen molar-refractivity contribution < 1.29 is 4.42 Å². The third-order valence-corrected chi connectivity index (χ3v) is 10.6. The lowest BCUT2D eigenvalue weighted by atomic mass is 9.96. The molecule has 0 saturated heterocycles. The van der Waals surface area contributed by atoms with Crippen LogP contribution < -0.4 is 0 Å².